The average molecular weight is 396 g/mol. The summed E-state index contributed by atoms with van der Waals surface area (Å²) >= 11 is 0. The summed E-state index contributed by atoms with van der Waals surface area (Å²) in [5, 5.41) is 3.17. The summed E-state index contributed by atoms with van der Waals surface area (Å²) in [4.78, 5) is 26.9. The molecule has 154 valence electrons. The number of carbonyl (C=O) groups excluding carboxylic acids is 2. The van der Waals surface area contributed by atoms with Crippen molar-refractivity contribution < 1.29 is 19.1 Å². The van der Waals surface area contributed by atoms with E-state index in [1.165, 1.54) is 6.92 Å². The minimum absolute atomic E-state index is 0.0382. The van der Waals surface area contributed by atoms with Crippen molar-refractivity contribution in [1.82, 2.24) is 10.2 Å². The van der Waals surface area contributed by atoms with Crippen LogP contribution in [0.2, 0.25) is 0 Å². The molecule has 3 rings (SSSR count). The van der Waals surface area contributed by atoms with Crippen molar-refractivity contribution in [2.75, 3.05) is 40.0 Å². The summed E-state index contributed by atoms with van der Waals surface area (Å²) in [6, 6.07) is 15.1. The zero-order valence-electron chi connectivity index (χ0n) is 17.0. The SMILES string of the molecule is COc1ccc(C(C)=O)cc1CC(=O)NC(CN1CCOCC1)c1ccccc1. The van der Waals surface area contributed by atoms with Crippen molar-refractivity contribution in [1.29, 1.82) is 0 Å². The van der Waals surface area contributed by atoms with Gasteiger partial charge >= 0.3 is 0 Å². The van der Waals surface area contributed by atoms with E-state index in [2.05, 4.69) is 10.2 Å². The van der Waals surface area contributed by atoms with E-state index < -0.39 is 0 Å². The van der Waals surface area contributed by atoms with Crippen molar-refractivity contribution in [3.05, 3.63) is 65.2 Å². The number of hydrogen-bond acceptors (Lipinski definition) is 5. The minimum atomic E-state index is -0.121. The fourth-order valence-corrected chi connectivity index (χ4v) is 3.52. The van der Waals surface area contributed by atoms with Gasteiger partial charge in [0.05, 0.1) is 32.8 Å². The molecule has 0 aliphatic carbocycles. The van der Waals surface area contributed by atoms with Gasteiger partial charge in [0, 0.05) is 30.8 Å². The molecule has 1 aliphatic rings. The van der Waals surface area contributed by atoms with Gasteiger partial charge in [-0.2, -0.15) is 0 Å². The lowest BCUT2D eigenvalue weighted by Crippen LogP contribution is -2.43. The quantitative estimate of drug-likeness (QED) is 0.695. The number of benzene rings is 2. The molecule has 1 N–H and O–H groups in total. The van der Waals surface area contributed by atoms with E-state index >= 15 is 0 Å². The maximum atomic E-state index is 12.9. The van der Waals surface area contributed by atoms with Crippen LogP contribution in [-0.2, 0) is 16.0 Å². The molecule has 0 saturated carbocycles. The van der Waals surface area contributed by atoms with Gasteiger partial charge in [-0.05, 0) is 30.7 Å². The van der Waals surface area contributed by atoms with Gasteiger partial charge in [-0.25, -0.2) is 0 Å². The van der Waals surface area contributed by atoms with Crippen LogP contribution in [0.3, 0.4) is 0 Å². The molecular weight excluding hydrogens is 368 g/mol. The third kappa shape index (κ3) is 5.89. The monoisotopic (exact) mass is 396 g/mol. The predicted molar refractivity (Wildman–Crippen MR) is 111 cm³/mol. The van der Waals surface area contributed by atoms with E-state index in [0.717, 1.165) is 25.2 Å². The van der Waals surface area contributed by atoms with Gasteiger partial charge < -0.3 is 14.8 Å². The molecule has 29 heavy (non-hydrogen) atoms. The van der Waals surface area contributed by atoms with Gasteiger partial charge in [-0.1, -0.05) is 30.3 Å². The van der Waals surface area contributed by atoms with Crippen LogP contribution in [0.5, 0.6) is 5.75 Å². The topological polar surface area (TPSA) is 67.9 Å². The van der Waals surface area contributed by atoms with E-state index in [1.54, 1.807) is 25.3 Å². The van der Waals surface area contributed by atoms with Crippen LogP contribution in [0.1, 0.15) is 34.5 Å². The summed E-state index contributed by atoms with van der Waals surface area (Å²) in [5.74, 6) is 0.462. The number of methoxy groups -OCH3 is 1. The van der Waals surface area contributed by atoms with E-state index in [1.807, 2.05) is 30.3 Å². The van der Waals surface area contributed by atoms with Crippen LogP contribution in [-0.4, -0.2) is 56.5 Å². The van der Waals surface area contributed by atoms with Crippen LogP contribution in [0.4, 0.5) is 0 Å². The zero-order valence-corrected chi connectivity index (χ0v) is 17.0. The highest BCUT2D eigenvalue weighted by atomic mass is 16.5. The first kappa shape index (κ1) is 21.0. The fraction of sp³-hybridized carbons (Fsp3) is 0.391. The van der Waals surface area contributed by atoms with E-state index in [4.69, 9.17) is 9.47 Å². The molecule has 6 heteroatoms. The van der Waals surface area contributed by atoms with Gasteiger partial charge in [0.2, 0.25) is 5.91 Å². The number of amides is 1. The Bertz CT molecular complexity index is 832. The van der Waals surface area contributed by atoms with Gasteiger partial charge in [0.25, 0.3) is 0 Å². The Labute approximate surface area is 171 Å². The molecule has 1 fully saturated rings. The van der Waals surface area contributed by atoms with Crippen LogP contribution >= 0.6 is 0 Å². The molecule has 1 amide bonds. The Kier molecular flexibility index (Phi) is 7.38. The molecule has 0 spiro atoms. The molecule has 0 aromatic heterocycles. The van der Waals surface area contributed by atoms with Crippen molar-refractivity contribution in [3.8, 4) is 5.75 Å². The number of carbonyl (C=O) groups is 2. The van der Waals surface area contributed by atoms with Crippen LogP contribution < -0.4 is 10.1 Å². The molecule has 1 heterocycles. The number of rotatable bonds is 8. The molecule has 2 aromatic rings. The molecule has 1 atom stereocenters. The zero-order chi connectivity index (χ0) is 20.6. The normalized spacial score (nSPS) is 15.5. The molecule has 0 radical (unpaired) electrons. The number of Topliss-reactive ketones (excluding diaryl/α,β-unsaturated/α-hetero) is 1. The lowest BCUT2D eigenvalue weighted by Gasteiger charge is -2.31. The second kappa shape index (κ2) is 10.2. The number of ether oxygens (including phenoxy) is 2. The smallest absolute Gasteiger partial charge is 0.225 e. The summed E-state index contributed by atoms with van der Waals surface area (Å²) in [7, 11) is 1.56. The number of hydrogen-bond donors (Lipinski definition) is 1. The number of morpholine rings is 1. The minimum Gasteiger partial charge on any atom is -0.496 e. The molecule has 1 saturated heterocycles. The van der Waals surface area contributed by atoms with Crippen molar-refractivity contribution in [2.24, 2.45) is 0 Å². The number of ketones is 1. The maximum Gasteiger partial charge on any atom is 0.225 e. The van der Waals surface area contributed by atoms with Crippen molar-refractivity contribution in [2.45, 2.75) is 19.4 Å². The number of nitrogens with one attached hydrogen (secondary N) is 1. The molecule has 2 aromatic carbocycles. The first-order valence-corrected chi connectivity index (χ1v) is 9.89. The first-order chi connectivity index (χ1) is 14.1. The Hall–Kier alpha value is -2.70. The molecule has 1 aliphatic heterocycles. The molecular formula is C23H28N2O4. The van der Waals surface area contributed by atoms with Gasteiger partial charge in [0.1, 0.15) is 5.75 Å². The number of nitrogens with zero attached hydrogens (tertiary/aromatic N) is 1. The maximum absolute atomic E-state index is 12.9. The fourth-order valence-electron chi connectivity index (χ4n) is 3.52. The van der Waals surface area contributed by atoms with E-state index in [9.17, 15) is 9.59 Å². The van der Waals surface area contributed by atoms with E-state index in [-0.39, 0.29) is 24.2 Å². The van der Waals surface area contributed by atoms with Crippen molar-refractivity contribution in [3.63, 3.8) is 0 Å². The van der Waals surface area contributed by atoms with Crippen LogP contribution in [0.25, 0.3) is 0 Å². The molecule has 6 nitrogen and oxygen atoms in total. The lowest BCUT2D eigenvalue weighted by molar-refractivity contribution is -0.121. The Morgan fingerprint density at radius 2 is 1.86 bits per heavy atom. The van der Waals surface area contributed by atoms with Gasteiger partial charge in [-0.3, -0.25) is 14.5 Å². The van der Waals surface area contributed by atoms with Gasteiger partial charge in [0.15, 0.2) is 5.78 Å². The highest BCUT2D eigenvalue weighted by Crippen LogP contribution is 2.22. The third-order valence-corrected chi connectivity index (χ3v) is 5.12. The highest BCUT2D eigenvalue weighted by molar-refractivity contribution is 5.94. The standard InChI is InChI=1S/C23H28N2O4/c1-17(26)19-8-9-22(28-2)20(14-19)15-23(27)24-21(18-6-4-3-5-7-18)16-25-10-12-29-13-11-25/h3-9,14,21H,10-13,15-16H2,1-2H3,(H,24,27). The van der Waals surface area contributed by atoms with E-state index in [0.29, 0.717) is 30.1 Å². The first-order valence-electron chi connectivity index (χ1n) is 9.89. The highest BCUT2D eigenvalue weighted by Gasteiger charge is 2.21. The summed E-state index contributed by atoms with van der Waals surface area (Å²) in [6.45, 7) is 5.37. The summed E-state index contributed by atoms with van der Waals surface area (Å²) < 4.78 is 10.8. The summed E-state index contributed by atoms with van der Waals surface area (Å²) in [5.41, 5.74) is 2.34. The van der Waals surface area contributed by atoms with Crippen molar-refractivity contribution >= 4 is 11.7 Å². The molecule has 0 bridgehead atoms. The third-order valence-electron chi connectivity index (χ3n) is 5.12. The Morgan fingerprint density at radius 3 is 2.52 bits per heavy atom. The largest absolute Gasteiger partial charge is 0.496 e. The second-order valence-corrected chi connectivity index (χ2v) is 7.20. The van der Waals surface area contributed by atoms with Crippen LogP contribution in [0.15, 0.2) is 48.5 Å². The summed E-state index contributed by atoms with van der Waals surface area (Å²) in [6.07, 6.45) is 0.150. The lowest BCUT2D eigenvalue weighted by atomic mass is 10.0. The van der Waals surface area contributed by atoms with Gasteiger partial charge in [-0.15, -0.1) is 0 Å². The van der Waals surface area contributed by atoms with Crippen LogP contribution in [0, 0.1) is 0 Å². The second-order valence-electron chi connectivity index (χ2n) is 7.20. The Balaban J connectivity index is 1.74. The Morgan fingerprint density at radius 1 is 1.14 bits per heavy atom. The predicted octanol–water partition coefficient (Wildman–Crippen LogP) is 2.63. The average Bonchev–Trinajstić information content (AvgIpc) is 2.74. The molecule has 1 unspecified atom stereocenters.